The molecule has 2 aromatic rings. The summed E-state index contributed by atoms with van der Waals surface area (Å²) in [5.41, 5.74) is 1.95. The van der Waals surface area contributed by atoms with Crippen LogP contribution in [-0.4, -0.2) is 21.3 Å². The highest BCUT2D eigenvalue weighted by atomic mass is 19.1. The number of carbonyl (C=O) groups excluding carboxylic acids is 1. The van der Waals surface area contributed by atoms with Gasteiger partial charge in [0.2, 0.25) is 0 Å². The van der Waals surface area contributed by atoms with Crippen LogP contribution in [0.4, 0.5) is 4.39 Å². The van der Waals surface area contributed by atoms with Gasteiger partial charge in [-0.2, -0.15) is 0 Å². The van der Waals surface area contributed by atoms with Gasteiger partial charge in [-0.1, -0.05) is 17.3 Å². The van der Waals surface area contributed by atoms with E-state index in [-0.39, 0.29) is 5.82 Å². The van der Waals surface area contributed by atoms with Crippen molar-refractivity contribution in [3.8, 4) is 0 Å². The lowest BCUT2D eigenvalue weighted by Gasteiger charge is -2.02. The Balaban J connectivity index is 2.23. The molecule has 1 heterocycles. The SMILES string of the molecule is Cc1c(C=O)nnn1Cc1ccc(F)cc1. The van der Waals surface area contributed by atoms with E-state index in [1.165, 1.54) is 12.1 Å². The number of hydrogen-bond donors (Lipinski definition) is 0. The van der Waals surface area contributed by atoms with E-state index in [1.54, 1.807) is 23.7 Å². The molecule has 0 spiro atoms. The first-order valence-corrected chi connectivity index (χ1v) is 4.80. The fourth-order valence-electron chi connectivity index (χ4n) is 1.40. The minimum atomic E-state index is -0.271. The van der Waals surface area contributed by atoms with Crippen LogP contribution < -0.4 is 0 Å². The average molecular weight is 219 g/mol. The Morgan fingerprint density at radius 2 is 2.06 bits per heavy atom. The Kier molecular flexibility index (Phi) is 2.76. The molecule has 5 heteroatoms. The van der Waals surface area contributed by atoms with Crippen molar-refractivity contribution >= 4 is 6.29 Å². The van der Waals surface area contributed by atoms with Gasteiger partial charge in [0.1, 0.15) is 11.5 Å². The van der Waals surface area contributed by atoms with Crippen LogP contribution in [0.1, 0.15) is 21.7 Å². The van der Waals surface area contributed by atoms with Crippen LogP contribution in [0.25, 0.3) is 0 Å². The van der Waals surface area contributed by atoms with Gasteiger partial charge in [-0.3, -0.25) is 4.79 Å². The third-order valence-corrected chi connectivity index (χ3v) is 2.38. The van der Waals surface area contributed by atoms with E-state index in [9.17, 15) is 9.18 Å². The summed E-state index contributed by atoms with van der Waals surface area (Å²) in [5, 5.41) is 7.56. The zero-order valence-corrected chi connectivity index (χ0v) is 8.72. The molecule has 1 aromatic carbocycles. The molecule has 0 radical (unpaired) electrons. The molecule has 0 aliphatic rings. The summed E-state index contributed by atoms with van der Waals surface area (Å²) in [6.07, 6.45) is 0.670. The highest BCUT2D eigenvalue weighted by Gasteiger charge is 2.07. The first-order chi connectivity index (χ1) is 7.70. The number of hydrogen-bond acceptors (Lipinski definition) is 3. The number of nitrogens with zero attached hydrogens (tertiary/aromatic N) is 3. The van der Waals surface area contributed by atoms with Gasteiger partial charge < -0.3 is 0 Å². The second kappa shape index (κ2) is 4.22. The average Bonchev–Trinajstić information content (AvgIpc) is 2.63. The Morgan fingerprint density at radius 1 is 1.38 bits per heavy atom. The van der Waals surface area contributed by atoms with E-state index in [0.29, 0.717) is 24.2 Å². The maximum atomic E-state index is 12.7. The normalized spacial score (nSPS) is 10.4. The zero-order chi connectivity index (χ0) is 11.5. The van der Waals surface area contributed by atoms with Crippen LogP contribution in [0.3, 0.4) is 0 Å². The lowest BCUT2D eigenvalue weighted by atomic mass is 10.2. The molecule has 0 aliphatic carbocycles. The highest BCUT2D eigenvalue weighted by molar-refractivity contribution is 5.72. The summed E-state index contributed by atoms with van der Waals surface area (Å²) >= 11 is 0. The lowest BCUT2D eigenvalue weighted by Crippen LogP contribution is -2.04. The summed E-state index contributed by atoms with van der Waals surface area (Å²) in [7, 11) is 0. The number of aldehydes is 1. The van der Waals surface area contributed by atoms with Crippen LogP contribution in [-0.2, 0) is 6.54 Å². The summed E-state index contributed by atoms with van der Waals surface area (Å²) in [5.74, 6) is -0.271. The third-order valence-electron chi connectivity index (χ3n) is 2.38. The fourth-order valence-corrected chi connectivity index (χ4v) is 1.40. The fraction of sp³-hybridized carbons (Fsp3) is 0.182. The molecule has 16 heavy (non-hydrogen) atoms. The molecular weight excluding hydrogens is 209 g/mol. The number of benzene rings is 1. The van der Waals surface area contributed by atoms with Crippen molar-refractivity contribution in [1.29, 1.82) is 0 Å². The first kappa shape index (κ1) is 10.5. The summed E-state index contributed by atoms with van der Waals surface area (Å²) in [4.78, 5) is 10.6. The Labute approximate surface area is 91.7 Å². The molecule has 0 bridgehead atoms. The van der Waals surface area contributed by atoms with Crippen LogP contribution in [0.2, 0.25) is 0 Å². The molecule has 0 aliphatic heterocycles. The Hall–Kier alpha value is -2.04. The van der Waals surface area contributed by atoms with Gasteiger partial charge in [0.05, 0.1) is 12.2 Å². The van der Waals surface area contributed by atoms with Crippen molar-refractivity contribution in [2.24, 2.45) is 0 Å². The van der Waals surface area contributed by atoms with E-state index >= 15 is 0 Å². The van der Waals surface area contributed by atoms with Crippen LogP contribution in [0, 0.1) is 12.7 Å². The van der Waals surface area contributed by atoms with Gasteiger partial charge in [-0.05, 0) is 24.6 Å². The standard InChI is InChI=1S/C11H10FN3O/c1-8-11(7-16)13-14-15(8)6-9-2-4-10(12)5-3-9/h2-5,7H,6H2,1H3. The second-order valence-corrected chi connectivity index (χ2v) is 3.46. The van der Waals surface area contributed by atoms with E-state index in [4.69, 9.17) is 0 Å². The Morgan fingerprint density at radius 3 is 2.62 bits per heavy atom. The monoisotopic (exact) mass is 219 g/mol. The van der Waals surface area contributed by atoms with Crippen LogP contribution >= 0.6 is 0 Å². The van der Waals surface area contributed by atoms with Crippen LogP contribution in [0.15, 0.2) is 24.3 Å². The van der Waals surface area contributed by atoms with Crippen molar-refractivity contribution < 1.29 is 9.18 Å². The van der Waals surface area contributed by atoms with Crippen LogP contribution in [0.5, 0.6) is 0 Å². The zero-order valence-electron chi connectivity index (χ0n) is 8.72. The number of rotatable bonds is 3. The molecular formula is C11H10FN3O. The van der Waals surface area contributed by atoms with Crippen molar-refractivity contribution in [2.75, 3.05) is 0 Å². The number of aromatic nitrogens is 3. The molecule has 82 valence electrons. The minimum absolute atomic E-state index is 0.271. The van der Waals surface area contributed by atoms with Gasteiger partial charge in [0.25, 0.3) is 0 Å². The van der Waals surface area contributed by atoms with Gasteiger partial charge >= 0.3 is 0 Å². The second-order valence-electron chi connectivity index (χ2n) is 3.46. The molecule has 0 atom stereocenters. The number of halogens is 1. The molecule has 1 aromatic heterocycles. The summed E-state index contributed by atoms with van der Waals surface area (Å²) in [6, 6.07) is 6.14. The highest BCUT2D eigenvalue weighted by Crippen LogP contribution is 2.07. The maximum Gasteiger partial charge on any atom is 0.172 e. The van der Waals surface area contributed by atoms with Gasteiger partial charge in [0.15, 0.2) is 6.29 Å². The van der Waals surface area contributed by atoms with E-state index < -0.39 is 0 Å². The van der Waals surface area contributed by atoms with Crippen molar-refractivity contribution in [2.45, 2.75) is 13.5 Å². The van der Waals surface area contributed by atoms with Crippen molar-refractivity contribution in [3.05, 3.63) is 47.0 Å². The lowest BCUT2D eigenvalue weighted by molar-refractivity contribution is 0.111. The molecule has 4 nitrogen and oxygen atoms in total. The van der Waals surface area contributed by atoms with Gasteiger partial charge in [-0.25, -0.2) is 9.07 Å². The minimum Gasteiger partial charge on any atom is -0.296 e. The van der Waals surface area contributed by atoms with E-state index in [0.717, 1.165) is 5.56 Å². The molecule has 0 saturated heterocycles. The molecule has 0 fully saturated rings. The Bertz CT molecular complexity index is 504. The predicted octanol–water partition coefficient (Wildman–Crippen LogP) is 1.59. The maximum absolute atomic E-state index is 12.7. The first-order valence-electron chi connectivity index (χ1n) is 4.80. The number of carbonyl (C=O) groups is 1. The summed E-state index contributed by atoms with van der Waals surface area (Å²) in [6.45, 7) is 2.25. The largest absolute Gasteiger partial charge is 0.296 e. The third kappa shape index (κ3) is 1.98. The van der Waals surface area contributed by atoms with E-state index in [1.807, 2.05) is 0 Å². The summed E-state index contributed by atoms with van der Waals surface area (Å²) < 4.78 is 14.3. The predicted molar refractivity (Wildman–Crippen MR) is 55.6 cm³/mol. The molecule has 0 saturated carbocycles. The molecule has 0 N–H and O–H groups in total. The van der Waals surface area contributed by atoms with Gasteiger partial charge in [0, 0.05) is 0 Å². The molecule has 2 rings (SSSR count). The topological polar surface area (TPSA) is 47.8 Å². The molecule has 0 amide bonds. The van der Waals surface area contributed by atoms with E-state index in [2.05, 4.69) is 10.3 Å². The van der Waals surface area contributed by atoms with Crippen molar-refractivity contribution in [3.63, 3.8) is 0 Å². The molecule has 0 unspecified atom stereocenters. The quantitative estimate of drug-likeness (QED) is 0.736. The van der Waals surface area contributed by atoms with Crippen molar-refractivity contribution in [1.82, 2.24) is 15.0 Å². The smallest absolute Gasteiger partial charge is 0.172 e. The van der Waals surface area contributed by atoms with Gasteiger partial charge in [-0.15, -0.1) is 5.10 Å².